The van der Waals surface area contributed by atoms with Crippen LogP contribution in [-0.2, 0) is 0 Å². The van der Waals surface area contributed by atoms with E-state index in [1.165, 1.54) is 30.9 Å². The third-order valence-electron chi connectivity index (χ3n) is 6.98. The largest absolute Gasteiger partial charge is 0.292 e. The number of fused-ring (bicyclic) bond motifs is 7. The average Bonchev–Trinajstić information content (AvgIpc) is 3.46. The quantitative estimate of drug-likeness (QED) is 0.249. The van der Waals surface area contributed by atoms with Crippen LogP contribution in [0.4, 0.5) is 0 Å². The molecule has 0 saturated heterocycles. The zero-order valence-corrected chi connectivity index (χ0v) is 20.0. The molecular formula is C32H19N3S. The molecule has 168 valence electrons. The molecule has 0 aliphatic rings. The molecule has 3 heterocycles. The summed E-state index contributed by atoms with van der Waals surface area (Å²) in [4.78, 5) is 10.4. The van der Waals surface area contributed by atoms with Crippen LogP contribution in [0.25, 0.3) is 70.1 Å². The van der Waals surface area contributed by atoms with Crippen molar-refractivity contribution >= 4 is 64.3 Å². The van der Waals surface area contributed by atoms with Crippen molar-refractivity contribution in [1.82, 2.24) is 14.5 Å². The SMILES string of the molecule is c1ccc(-c2nc3ccccc3nc2-n2c3ccccc3c3cc4sc5ccccc5c4cc32)cc1. The van der Waals surface area contributed by atoms with Crippen LogP contribution in [-0.4, -0.2) is 14.5 Å². The maximum Gasteiger partial charge on any atom is 0.165 e. The summed E-state index contributed by atoms with van der Waals surface area (Å²) in [6.07, 6.45) is 0. The highest BCUT2D eigenvalue weighted by Gasteiger charge is 2.20. The van der Waals surface area contributed by atoms with Gasteiger partial charge in [-0.3, -0.25) is 4.57 Å². The van der Waals surface area contributed by atoms with E-state index < -0.39 is 0 Å². The second-order valence-electron chi connectivity index (χ2n) is 9.07. The van der Waals surface area contributed by atoms with Crippen molar-refractivity contribution in [3.63, 3.8) is 0 Å². The van der Waals surface area contributed by atoms with E-state index in [4.69, 9.17) is 9.97 Å². The van der Waals surface area contributed by atoms with Crippen molar-refractivity contribution in [2.75, 3.05) is 0 Å². The van der Waals surface area contributed by atoms with E-state index in [2.05, 4.69) is 89.5 Å². The number of para-hydroxylation sites is 3. The Kier molecular flexibility index (Phi) is 4.10. The Morgan fingerprint density at radius 1 is 0.500 bits per heavy atom. The smallest absolute Gasteiger partial charge is 0.165 e. The summed E-state index contributed by atoms with van der Waals surface area (Å²) in [5, 5.41) is 5.03. The van der Waals surface area contributed by atoms with E-state index in [0.29, 0.717) is 0 Å². The first-order valence-corrected chi connectivity index (χ1v) is 12.8. The van der Waals surface area contributed by atoms with Crippen LogP contribution in [0, 0.1) is 0 Å². The third kappa shape index (κ3) is 2.79. The predicted octanol–water partition coefficient (Wildman–Crippen LogP) is 8.76. The lowest BCUT2D eigenvalue weighted by Crippen LogP contribution is -2.03. The van der Waals surface area contributed by atoms with Crippen molar-refractivity contribution in [2.24, 2.45) is 0 Å². The molecular weight excluding hydrogens is 458 g/mol. The van der Waals surface area contributed by atoms with Crippen LogP contribution in [0.1, 0.15) is 0 Å². The topological polar surface area (TPSA) is 30.7 Å². The van der Waals surface area contributed by atoms with Gasteiger partial charge < -0.3 is 0 Å². The Morgan fingerprint density at radius 3 is 2.06 bits per heavy atom. The number of hydrogen-bond acceptors (Lipinski definition) is 3. The highest BCUT2D eigenvalue weighted by atomic mass is 32.1. The maximum atomic E-state index is 5.23. The number of rotatable bonds is 2. The standard InChI is InChI=1S/C32H19N3S/c1-2-10-20(11-3-1)31-32(34-26-15-7-6-14-25(26)33-31)35-27-16-8-4-12-21(27)23-19-30-24(18-28(23)35)22-13-5-9-17-29(22)36-30/h1-19H. The van der Waals surface area contributed by atoms with Gasteiger partial charge in [-0.05, 0) is 36.4 Å². The van der Waals surface area contributed by atoms with E-state index in [0.717, 1.165) is 39.1 Å². The minimum absolute atomic E-state index is 0.852. The highest BCUT2D eigenvalue weighted by molar-refractivity contribution is 7.25. The molecule has 3 nitrogen and oxygen atoms in total. The first kappa shape index (κ1) is 19.7. The fourth-order valence-electron chi connectivity index (χ4n) is 5.35. The molecule has 8 aromatic rings. The molecule has 0 unspecified atom stereocenters. The van der Waals surface area contributed by atoms with Crippen molar-refractivity contribution in [2.45, 2.75) is 0 Å². The second kappa shape index (κ2) is 7.48. The monoisotopic (exact) mass is 477 g/mol. The van der Waals surface area contributed by atoms with Gasteiger partial charge in [0.05, 0.1) is 22.1 Å². The van der Waals surface area contributed by atoms with E-state index in [9.17, 15) is 0 Å². The molecule has 0 N–H and O–H groups in total. The van der Waals surface area contributed by atoms with Gasteiger partial charge in [0.15, 0.2) is 5.82 Å². The van der Waals surface area contributed by atoms with Gasteiger partial charge in [0.1, 0.15) is 5.69 Å². The number of aromatic nitrogens is 3. The van der Waals surface area contributed by atoms with Gasteiger partial charge in [-0.2, -0.15) is 0 Å². The third-order valence-corrected chi connectivity index (χ3v) is 8.12. The van der Waals surface area contributed by atoms with Gasteiger partial charge in [0.25, 0.3) is 0 Å². The summed E-state index contributed by atoms with van der Waals surface area (Å²) in [5.74, 6) is 0.852. The van der Waals surface area contributed by atoms with Crippen LogP contribution in [0.3, 0.4) is 0 Å². The fourth-order valence-corrected chi connectivity index (χ4v) is 6.48. The minimum atomic E-state index is 0.852. The summed E-state index contributed by atoms with van der Waals surface area (Å²) >= 11 is 1.85. The average molecular weight is 478 g/mol. The first-order valence-electron chi connectivity index (χ1n) is 12.0. The Labute approximate surface area is 210 Å². The second-order valence-corrected chi connectivity index (χ2v) is 10.2. The van der Waals surface area contributed by atoms with Crippen molar-refractivity contribution in [3.8, 4) is 17.1 Å². The molecule has 3 aromatic heterocycles. The van der Waals surface area contributed by atoms with Crippen LogP contribution >= 0.6 is 11.3 Å². The van der Waals surface area contributed by atoms with Crippen LogP contribution in [0.2, 0.25) is 0 Å². The fraction of sp³-hybridized carbons (Fsp3) is 0. The Balaban J connectivity index is 1.57. The van der Waals surface area contributed by atoms with Gasteiger partial charge in [-0.1, -0.05) is 78.9 Å². The minimum Gasteiger partial charge on any atom is -0.292 e. The Hall–Kier alpha value is -4.54. The van der Waals surface area contributed by atoms with Gasteiger partial charge >= 0.3 is 0 Å². The van der Waals surface area contributed by atoms with Gasteiger partial charge in [-0.25, -0.2) is 9.97 Å². The molecule has 0 aliphatic heterocycles. The maximum absolute atomic E-state index is 5.23. The number of thiophene rings is 1. The van der Waals surface area contributed by atoms with Crippen molar-refractivity contribution in [1.29, 1.82) is 0 Å². The van der Waals surface area contributed by atoms with E-state index in [-0.39, 0.29) is 0 Å². The highest BCUT2D eigenvalue weighted by Crippen LogP contribution is 2.41. The number of nitrogens with zero attached hydrogens (tertiary/aromatic N) is 3. The number of hydrogen-bond donors (Lipinski definition) is 0. The lowest BCUT2D eigenvalue weighted by atomic mass is 10.1. The van der Waals surface area contributed by atoms with E-state index in [1.54, 1.807) is 0 Å². The molecule has 0 aliphatic carbocycles. The molecule has 4 heteroatoms. The van der Waals surface area contributed by atoms with E-state index >= 15 is 0 Å². The predicted molar refractivity (Wildman–Crippen MR) is 152 cm³/mol. The summed E-state index contributed by atoms with van der Waals surface area (Å²) in [7, 11) is 0. The zero-order valence-electron chi connectivity index (χ0n) is 19.2. The summed E-state index contributed by atoms with van der Waals surface area (Å²) in [6, 6.07) is 40.5. The molecule has 0 saturated carbocycles. The summed E-state index contributed by atoms with van der Waals surface area (Å²) in [6.45, 7) is 0. The molecule has 5 aromatic carbocycles. The van der Waals surface area contributed by atoms with Gasteiger partial charge in [0, 0.05) is 36.5 Å². The summed E-state index contributed by atoms with van der Waals surface area (Å²) < 4.78 is 4.92. The zero-order chi connectivity index (χ0) is 23.6. The Bertz CT molecular complexity index is 2100. The lowest BCUT2D eigenvalue weighted by Gasteiger charge is -2.13. The number of benzene rings is 5. The van der Waals surface area contributed by atoms with Crippen LogP contribution in [0.15, 0.2) is 115 Å². The molecule has 0 spiro atoms. The molecule has 0 atom stereocenters. The molecule has 0 radical (unpaired) electrons. The van der Waals surface area contributed by atoms with Crippen LogP contribution < -0.4 is 0 Å². The van der Waals surface area contributed by atoms with Crippen molar-refractivity contribution < 1.29 is 0 Å². The van der Waals surface area contributed by atoms with Crippen molar-refractivity contribution in [3.05, 3.63) is 115 Å². The molecule has 0 bridgehead atoms. The van der Waals surface area contributed by atoms with Gasteiger partial charge in [0.2, 0.25) is 0 Å². The summed E-state index contributed by atoms with van der Waals surface area (Å²) in [5.41, 5.74) is 6.00. The molecule has 36 heavy (non-hydrogen) atoms. The normalized spacial score (nSPS) is 11.9. The molecule has 0 fully saturated rings. The first-order chi connectivity index (χ1) is 17.8. The lowest BCUT2D eigenvalue weighted by molar-refractivity contribution is 1.08. The Morgan fingerprint density at radius 2 is 1.19 bits per heavy atom. The van der Waals surface area contributed by atoms with Gasteiger partial charge in [-0.15, -0.1) is 11.3 Å². The molecule has 8 rings (SSSR count). The van der Waals surface area contributed by atoms with Crippen LogP contribution in [0.5, 0.6) is 0 Å². The molecule has 0 amide bonds. The van der Waals surface area contributed by atoms with E-state index in [1.807, 2.05) is 41.7 Å².